The van der Waals surface area contributed by atoms with E-state index in [2.05, 4.69) is 24.2 Å². The summed E-state index contributed by atoms with van der Waals surface area (Å²) in [7, 11) is 2.09. The Labute approximate surface area is 120 Å². The lowest BCUT2D eigenvalue weighted by Crippen LogP contribution is -2.52. The van der Waals surface area contributed by atoms with E-state index >= 15 is 0 Å². The SMILES string of the molecule is CC1CN(C)CCC1NC(=O)N1CC(C)C(C(=O)O)C1. The van der Waals surface area contributed by atoms with Gasteiger partial charge in [-0.05, 0) is 31.8 Å². The predicted octanol–water partition coefficient (Wildman–Crippen LogP) is 0.689. The smallest absolute Gasteiger partial charge is 0.317 e. The molecule has 2 aliphatic rings. The van der Waals surface area contributed by atoms with Crippen molar-refractivity contribution in [3.8, 4) is 0 Å². The second-order valence-corrected chi connectivity index (χ2v) is 6.41. The Bertz CT molecular complexity index is 388. The number of aliphatic carboxylic acids is 1. The highest BCUT2D eigenvalue weighted by Gasteiger charge is 2.38. The molecule has 2 fully saturated rings. The molecule has 0 aromatic carbocycles. The molecule has 2 saturated heterocycles. The van der Waals surface area contributed by atoms with Crippen LogP contribution in [-0.2, 0) is 4.79 Å². The first-order chi connectivity index (χ1) is 9.38. The highest BCUT2D eigenvalue weighted by Crippen LogP contribution is 2.24. The maximum atomic E-state index is 12.3. The van der Waals surface area contributed by atoms with Gasteiger partial charge in [-0.2, -0.15) is 0 Å². The van der Waals surface area contributed by atoms with Crippen LogP contribution in [0.5, 0.6) is 0 Å². The summed E-state index contributed by atoms with van der Waals surface area (Å²) in [6, 6.07) is 0.0832. The average Bonchev–Trinajstić information content (AvgIpc) is 2.75. The first-order valence-electron chi connectivity index (χ1n) is 7.35. The Hall–Kier alpha value is -1.30. The average molecular weight is 283 g/mol. The van der Waals surface area contributed by atoms with Crippen molar-refractivity contribution in [1.82, 2.24) is 15.1 Å². The molecule has 6 heteroatoms. The van der Waals surface area contributed by atoms with Crippen molar-refractivity contribution in [2.45, 2.75) is 26.3 Å². The number of urea groups is 1. The van der Waals surface area contributed by atoms with E-state index in [1.54, 1.807) is 4.90 Å². The maximum absolute atomic E-state index is 12.3. The summed E-state index contributed by atoms with van der Waals surface area (Å²) < 4.78 is 0. The van der Waals surface area contributed by atoms with E-state index < -0.39 is 11.9 Å². The quantitative estimate of drug-likeness (QED) is 0.782. The maximum Gasteiger partial charge on any atom is 0.317 e. The molecule has 0 saturated carbocycles. The zero-order chi connectivity index (χ0) is 14.9. The first-order valence-corrected chi connectivity index (χ1v) is 7.35. The highest BCUT2D eigenvalue weighted by molar-refractivity contribution is 5.77. The van der Waals surface area contributed by atoms with Gasteiger partial charge >= 0.3 is 12.0 Å². The molecule has 2 heterocycles. The molecule has 0 radical (unpaired) electrons. The van der Waals surface area contributed by atoms with Crippen molar-refractivity contribution in [2.24, 2.45) is 17.8 Å². The summed E-state index contributed by atoms with van der Waals surface area (Å²) >= 11 is 0. The van der Waals surface area contributed by atoms with Gasteiger partial charge in [-0.3, -0.25) is 4.79 Å². The highest BCUT2D eigenvalue weighted by atomic mass is 16.4. The standard InChI is InChI=1S/C14H25N3O3/c1-9-7-17(8-11(9)13(18)19)14(20)15-12-4-5-16(3)6-10(12)2/h9-12H,4-8H2,1-3H3,(H,15,20)(H,18,19). The minimum Gasteiger partial charge on any atom is -0.481 e. The summed E-state index contributed by atoms with van der Waals surface area (Å²) in [6.07, 6.45) is 0.954. The van der Waals surface area contributed by atoms with Crippen LogP contribution in [0.15, 0.2) is 0 Å². The van der Waals surface area contributed by atoms with E-state index in [0.29, 0.717) is 19.0 Å². The molecular formula is C14H25N3O3. The molecule has 20 heavy (non-hydrogen) atoms. The summed E-state index contributed by atoms with van der Waals surface area (Å²) in [6.45, 7) is 6.87. The van der Waals surface area contributed by atoms with Gasteiger partial charge in [-0.25, -0.2) is 4.79 Å². The Morgan fingerprint density at radius 3 is 2.40 bits per heavy atom. The number of carbonyl (C=O) groups excluding carboxylic acids is 1. The van der Waals surface area contributed by atoms with Gasteiger partial charge in [0, 0.05) is 25.7 Å². The fraction of sp³-hybridized carbons (Fsp3) is 0.857. The normalized spacial score (nSPS) is 35.0. The van der Waals surface area contributed by atoms with E-state index in [1.165, 1.54) is 0 Å². The molecule has 0 aromatic heterocycles. The van der Waals surface area contributed by atoms with E-state index in [-0.39, 0.29) is 18.0 Å². The van der Waals surface area contributed by atoms with Crippen LogP contribution >= 0.6 is 0 Å². The van der Waals surface area contributed by atoms with Crippen LogP contribution in [0.3, 0.4) is 0 Å². The minimum absolute atomic E-state index is 0.0214. The number of likely N-dealkylation sites (tertiary alicyclic amines) is 2. The molecule has 2 N–H and O–H groups in total. The Balaban J connectivity index is 1.88. The number of piperidine rings is 1. The number of hydrogen-bond donors (Lipinski definition) is 2. The largest absolute Gasteiger partial charge is 0.481 e. The van der Waals surface area contributed by atoms with Gasteiger partial charge in [0.2, 0.25) is 0 Å². The zero-order valence-corrected chi connectivity index (χ0v) is 12.5. The van der Waals surface area contributed by atoms with Crippen LogP contribution in [-0.4, -0.2) is 66.2 Å². The Morgan fingerprint density at radius 2 is 1.85 bits per heavy atom. The van der Waals surface area contributed by atoms with Gasteiger partial charge in [-0.1, -0.05) is 13.8 Å². The van der Waals surface area contributed by atoms with E-state index in [4.69, 9.17) is 5.11 Å². The van der Waals surface area contributed by atoms with Crippen molar-refractivity contribution >= 4 is 12.0 Å². The molecule has 4 unspecified atom stereocenters. The number of carboxylic acids is 1. The second kappa shape index (κ2) is 5.99. The van der Waals surface area contributed by atoms with Crippen molar-refractivity contribution < 1.29 is 14.7 Å². The summed E-state index contributed by atoms with van der Waals surface area (Å²) in [4.78, 5) is 27.3. The molecule has 114 valence electrons. The van der Waals surface area contributed by atoms with Crippen LogP contribution in [0.2, 0.25) is 0 Å². The third kappa shape index (κ3) is 3.23. The van der Waals surface area contributed by atoms with Crippen LogP contribution in [0.4, 0.5) is 4.79 Å². The van der Waals surface area contributed by atoms with Crippen LogP contribution in [0.1, 0.15) is 20.3 Å². The third-order valence-electron chi connectivity index (χ3n) is 4.63. The fourth-order valence-electron chi connectivity index (χ4n) is 3.27. The number of nitrogens with zero attached hydrogens (tertiary/aromatic N) is 2. The third-order valence-corrected chi connectivity index (χ3v) is 4.63. The van der Waals surface area contributed by atoms with Crippen LogP contribution < -0.4 is 5.32 Å². The topological polar surface area (TPSA) is 72.9 Å². The van der Waals surface area contributed by atoms with Crippen molar-refractivity contribution in [3.05, 3.63) is 0 Å². The van der Waals surface area contributed by atoms with Crippen LogP contribution in [0.25, 0.3) is 0 Å². The van der Waals surface area contributed by atoms with Crippen LogP contribution in [0, 0.1) is 17.8 Å². The van der Waals surface area contributed by atoms with Gasteiger partial charge in [0.25, 0.3) is 0 Å². The first kappa shape index (κ1) is 15.1. The lowest BCUT2D eigenvalue weighted by Gasteiger charge is -2.36. The Kier molecular flexibility index (Phi) is 4.52. The fourth-order valence-corrected chi connectivity index (χ4v) is 3.27. The van der Waals surface area contributed by atoms with Gasteiger partial charge in [-0.15, -0.1) is 0 Å². The van der Waals surface area contributed by atoms with Crippen molar-refractivity contribution in [1.29, 1.82) is 0 Å². The summed E-state index contributed by atoms with van der Waals surface area (Å²) in [5, 5.41) is 12.2. The number of amides is 2. The van der Waals surface area contributed by atoms with E-state index in [9.17, 15) is 9.59 Å². The number of rotatable bonds is 2. The monoisotopic (exact) mass is 283 g/mol. The second-order valence-electron chi connectivity index (χ2n) is 6.41. The van der Waals surface area contributed by atoms with E-state index in [1.807, 2.05) is 6.92 Å². The van der Waals surface area contributed by atoms with Gasteiger partial charge in [0.1, 0.15) is 0 Å². The lowest BCUT2D eigenvalue weighted by atomic mass is 9.94. The Morgan fingerprint density at radius 1 is 1.15 bits per heavy atom. The molecule has 0 aromatic rings. The molecule has 2 rings (SSSR count). The van der Waals surface area contributed by atoms with Gasteiger partial charge < -0.3 is 20.2 Å². The number of hydrogen-bond acceptors (Lipinski definition) is 3. The van der Waals surface area contributed by atoms with Crippen molar-refractivity contribution in [3.63, 3.8) is 0 Å². The summed E-state index contributed by atoms with van der Waals surface area (Å²) in [5.74, 6) is -0.794. The molecule has 0 spiro atoms. The molecule has 6 nitrogen and oxygen atoms in total. The molecular weight excluding hydrogens is 258 g/mol. The van der Waals surface area contributed by atoms with Gasteiger partial charge in [0.15, 0.2) is 0 Å². The molecule has 0 bridgehead atoms. The minimum atomic E-state index is -0.805. The number of carbonyl (C=O) groups is 2. The number of carboxylic acid groups (broad SMARTS) is 1. The lowest BCUT2D eigenvalue weighted by molar-refractivity contribution is -0.142. The van der Waals surface area contributed by atoms with E-state index in [0.717, 1.165) is 19.5 Å². The number of nitrogens with one attached hydrogen (secondary N) is 1. The predicted molar refractivity (Wildman–Crippen MR) is 75.5 cm³/mol. The van der Waals surface area contributed by atoms with Crippen molar-refractivity contribution in [2.75, 3.05) is 33.2 Å². The molecule has 2 amide bonds. The zero-order valence-electron chi connectivity index (χ0n) is 12.5. The summed E-state index contributed by atoms with van der Waals surface area (Å²) in [5.41, 5.74) is 0. The molecule has 4 atom stereocenters. The molecule has 2 aliphatic heterocycles. The molecule has 0 aliphatic carbocycles. The van der Waals surface area contributed by atoms with Gasteiger partial charge in [0.05, 0.1) is 5.92 Å².